The monoisotopic (exact) mass is 520 g/mol. The van der Waals surface area contributed by atoms with E-state index in [0.717, 1.165) is 42.5 Å². The van der Waals surface area contributed by atoms with Gasteiger partial charge in [-0.3, -0.25) is 4.79 Å². The third-order valence-corrected chi connectivity index (χ3v) is 9.32. The summed E-state index contributed by atoms with van der Waals surface area (Å²) in [5.74, 6) is -0.817. The predicted molar refractivity (Wildman–Crippen MR) is 135 cm³/mol. The number of esters is 1. The number of hydrogen-bond acceptors (Lipinski definition) is 7. The van der Waals surface area contributed by atoms with Crippen LogP contribution in [0.25, 0.3) is 0 Å². The molecule has 0 bridgehead atoms. The number of aryl methyl sites for hydroxylation is 1. The molecule has 1 aliphatic heterocycles. The van der Waals surface area contributed by atoms with Crippen LogP contribution in [-0.4, -0.2) is 56.5 Å². The Balaban J connectivity index is 1.55. The summed E-state index contributed by atoms with van der Waals surface area (Å²) < 4.78 is 38.5. The Morgan fingerprint density at radius 1 is 1.09 bits per heavy atom. The molecule has 4 rings (SSSR count). The van der Waals surface area contributed by atoms with Crippen molar-refractivity contribution in [3.05, 3.63) is 45.8 Å². The molecule has 1 aromatic heterocycles. The Morgan fingerprint density at radius 3 is 2.40 bits per heavy atom. The molecule has 0 saturated carbocycles. The van der Waals surface area contributed by atoms with E-state index in [1.807, 2.05) is 13.8 Å². The summed E-state index contributed by atoms with van der Waals surface area (Å²) >= 11 is 1.43. The topological polar surface area (TPSA) is 102 Å². The number of morpholine rings is 1. The number of sulfonamides is 1. The third-order valence-electron chi connectivity index (χ3n) is 6.27. The largest absolute Gasteiger partial charge is 0.462 e. The van der Waals surface area contributed by atoms with Gasteiger partial charge in [0, 0.05) is 23.5 Å². The molecule has 1 aliphatic carbocycles. The van der Waals surface area contributed by atoms with Crippen LogP contribution in [-0.2, 0) is 32.3 Å². The SMILES string of the molecule is CCOC(=O)c1c(NC(=O)c2ccc(S(=O)(=O)N3C[C@@H](C)O[C@@H](C)C3)cc2)sc2c1CCCCC2. The smallest absolute Gasteiger partial charge is 0.341 e. The molecule has 2 heterocycles. The van der Waals surface area contributed by atoms with Crippen molar-refractivity contribution in [1.82, 2.24) is 4.31 Å². The molecule has 190 valence electrons. The van der Waals surface area contributed by atoms with E-state index in [0.29, 0.717) is 16.1 Å². The first-order valence-electron chi connectivity index (χ1n) is 12.1. The van der Waals surface area contributed by atoms with Crippen LogP contribution in [0.5, 0.6) is 0 Å². The Hall–Kier alpha value is -2.27. The van der Waals surface area contributed by atoms with Gasteiger partial charge in [0.2, 0.25) is 10.0 Å². The highest BCUT2D eigenvalue weighted by molar-refractivity contribution is 7.89. The summed E-state index contributed by atoms with van der Waals surface area (Å²) in [4.78, 5) is 27.0. The van der Waals surface area contributed by atoms with Gasteiger partial charge in [0.05, 0.1) is 29.3 Å². The number of carbonyl (C=O) groups excluding carboxylic acids is 2. The summed E-state index contributed by atoms with van der Waals surface area (Å²) in [5.41, 5.74) is 1.75. The van der Waals surface area contributed by atoms with Crippen LogP contribution in [0.3, 0.4) is 0 Å². The van der Waals surface area contributed by atoms with Gasteiger partial charge in [0.25, 0.3) is 5.91 Å². The van der Waals surface area contributed by atoms with Gasteiger partial charge in [-0.25, -0.2) is 13.2 Å². The molecule has 0 radical (unpaired) electrons. The van der Waals surface area contributed by atoms with E-state index < -0.39 is 21.9 Å². The highest BCUT2D eigenvalue weighted by atomic mass is 32.2. The van der Waals surface area contributed by atoms with Gasteiger partial charge in [-0.05, 0) is 76.3 Å². The lowest BCUT2D eigenvalue weighted by Crippen LogP contribution is -2.48. The number of thiophene rings is 1. The lowest BCUT2D eigenvalue weighted by atomic mass is 10.1. The van der Waals surface area contributed by atoms with Crippen LogP contribution in [0.4, 0.5) is 5.00 Å². The van der Waals surface area contributed by atoms with Crippen molar-refractivity contribution in [3.8, 4) is 0 Å². The molecule has 8 nitrogen and oxygen atoms in total. The fourth-order valence-electron chi connectivity index (χ4n) is 4.68. The number of nitrogens with zero attached hydrogens (tertiary/aromatic N) is 1. The zero-order valence-corrected chi connectivity index (χ0v) is 22.0. The molecular weight excluding hydrogens is 488 g/mol. The number of anilines is 1. The summed E-state index contributed by atoms with van der Waals surface area (Å²) in [6.07, 6.45) is 4.47. The first-order valence-corrected chi connectivity index (χ1v) is 14.3. The maximum Gasteiger partial charge on any atom is 0.341 e. The molecule has 1 amide bonds. The number of ether oxygens (including phenoxy) is 2. The molecule has 2 aliphatic rings. The number of carbonyl (C=O) groups is 2. The van der Waals surface area contributed by atoms with E-state index in [4.69, 9.17) is 9.47 Å². The van der Waals surface area contributed by atoms with E-state index in [1.54, 1.807) is 6.92 Å². The van der Waals surface area contributed by atoms with Gasteiger partial charge >= 0.3 is 5.97 Å². The molecule has 2 aromatic rings. The minimum atomic E-state index is -3.70. The Labute approximate surface area is 210 Å². The first kappa shape index (κ1) is 25.8. The zero-order chi connectivity index (χ0) is 25.2. The summed E-state index contributed by atoms with van der Waals surface area (Å²) in [7, 11) is -3.70. The molecule has 2 atom stereocenters. The predicted octanol–water partition coefficient (Wildman–Crippen LogP) is 4.24. The van der Waals surface area contributed by atoms with Gasteiger partial charge < -0.3 is 14.8 Å². The summed E-state index contributed by atoms with van der Waals surface area (Å²) in [5, 5.41) is 3.37. The molecule has 35 heavy (non-hydrogen) atoms. The third kappa shape index (κ3) is 5.61. The van der Waals surface area contributed by atoms with Crippen molar-refractivity contribution < 1.29 is 27.5 Å². The molecule has 1 fully saturated rings. The van der Waals surface area contributed by atoms with Gasteiger partial charge in [0.1, 0.15) is 5.00 Å². The van der Waals surface area contributed by atoms with E-state index in [-0.39, 0.29) is 36.8 Å². The highest BCUT2D eigenvalue weighted by Gasteiger charge is 2.32. The molecule has 0 spiro atoms. The second-order valence-electron chi connectivity index (χ2n) is 9.05. The standard InChI is InChI=1S/C25H32N2O6S2/c1-4-32-25(29)22-20-8-6-5-7-9-21(20)34-24(22)26-23(28)18-10-12-19(13-11-18)35(30,31)27-14-16(2)33-17(3)15-27/h10-13,16-17H,4-9,14-15H2,1-3H3,(H,26,28)/t16-,17+. The lowest BCUT2D eigenvalue weighted by Gasteiger charge is -2.34. The number of nitrogens with one attached hydrogen (secondary N) is 1. The van der Waals surface area contributed by atoms with Crippen LogP contribution in [0.15, 0.2) is 29.2 Å². The quantitative estimate of drug-likeness (QED) is 0.452. The molecule has 1 aromatic carbocycles. The minimum Gasteiger partial charge on any atom is -0.462 e. The van der Waals surface area contributed by atoms with Crippen molar-refractivity contribution in [2.45, 2.75) is 70.0 Å². The van der Waals surface area contributed by atoms with Gasteiger partial charge in [0.15, 0.2) is 0 Å². The van der Waals surface area contributed by atoms with Crippen molar-refractivity contribution in [3.63, 3.8) is 0 Å². The van der Waals surface area contributed by atoms with E-state index in [9.17, 15) is 18.0 Å². The Bertz CT molecular complexity index is 1180. The zero-order valence-electron chi connectivity index (χ0n) is 20.3. The Morgan fingerprint density at radius 2 is 1.74 bits per heavy atom. The summed E-state index contributed by atoms with van der Waals surface area (Å²) in [6, 6.07) is 5.89. The highest BCUT2D eigenvalue weighted by Crippen LogP contribution is 2.38. The fourth-order valence-corrected chi connectivity index (χ4v) is 7.54. The first-order chi connectivity index (χ1) is 16.7. The van der Waals surface area contributed by atoms with Gasteiger partial charge in [-0.15, -0.1) is 11.3 Å². The van der Waals surface area contributed by atoms with Crippen LogP contribution >= 0.6 is 11.3 Å². The van der Waals surface area contributed by atoms with Crippen LogP contribution in [0.2, 0.25) is 0 Å². The lowest BCUT2D eigenvalue weighted by molar-refractivity contribution is -0.0440. The van der Waals surface area contributed by atoms with Crippen LogP contribution in [0, 0.1) is 0 Å². The molecule has 0 unspecified atom stereocenters. The number of fused-ring (bicyclic) bond motifs is 1. The molecule has 1 saturated heterocycles. The number of hydrogen-bond donors (Lipinski definition) is 1. The Kier molecular flexibility index (Phi) is 7.95. The number of amides is 1. The number of rotatable bonds is 6. The average molecular weight is 521 g/mol. The average Bonchev–Trinajstić information content (AvgIpc) is 2.98. The van der Waals surface area contributed by atoms with E-state index in [2.05, 4.69) is 5.32 Å². The molecular formula is C25H32N2O6S2. The normalized spacial score (nSPS) is 21.1. The second-order valence-corrected chi connectivity index (χ2v) is 12.1. The summed E-state index contributed by atoms with van der Waals surface area (Å²) in [6.45, 7) is 6.28. The van der Waals surface area contributed by atoms with Crippen LogP contribution in [0.1, 0.15) is 71.2 Å². The van der Waals surface area contributed by atoms with Crippen molar-refractivity contribution in [2.75, 3.05) is 25.0 Å². The van der Waals surface area contributed by atoms with Gasteiger partial charge in [-0.1, -0.05) is 6.42 Å². The van der Waals surface area contributed by atoms with E-state index >= 15 is 0 Å². The number of benzene rings is 1. The van der Waals surface area contributed by atoms with Crippen LogP contribution < -0.4 is 5.32 Å². The van der Waals surface area contributed by atoms with Crippen molar-refractivity contribution in [2.24, 2.45) is 0 Å². The maximum absolute atomic E-state index is 13.1. The van der Waals surface area contributed by atoms with Crippen molar-refractivity contribution in [1.29, 1.82) is 0 Å². The maximum atomic E-state index is 13.1. The second kappa shape index (κ2) is 10.8. The van der Waals surface area contributed by atoms with Gasteiger partial charge in [-0.2, -0.15) is 4.31 Å². The fraction of sp³-hybridized carbons (Fsp3) is 0.520. The molecule has 10 heteroatoms. The van der Waals surface area contributed by atoms with Crippen molar-refractivity contribution >= 4 is 38.2 Å². The minimum absolute atomic E-state index is 0.130. The van der Waals surface area contributed by atoms with E-state index in [1.165, 1.54) is 39.9 Å². The molecule has 1 N–H and O–H groups in total.